The molecule has 0 spiro atoms. The molecular formula is C19H24N4O2. The number of benzene rings is 1. The van der Waals surface area contributed by atoms with Gasteiger partial charge in [0.1, 0.15) is 5.75 Å². The zero-order chi connectivity index (χ0) is 17.5. The van der Waals surface area contributed by atoms with Crippen LogP contribution in [0.2, 0.25) is 0 Å². The molecule has 0 bridgehead atoms. The summed E-state index contributed by atoms with van der Waals surface area (Å²) < 4.78 is 5.12. The number of aromatic nitrogens is 1. The average molecular weight is 340 g/mol. The average Bonchev–Trinajstić information content (AvgIpc) is 2.68. The van der Waals surface area contributed by atoms with Gasteiger partial charge in [0.25, 0.3) is 0 Å². The van der Waals surface area contributed by atoms with Gasteiger partial charge in [-0.1, -0.05) is 6.07 Å². The highest BCUT2D eigenvalue weighted by atomic mass is 16.5. The van der Waals surface area contributed by atoms with Crippen LogP contribution in [0.3, 0.4) is 0 Å². The van der Waals surface area contributed by atoms with Crippen LogP contribution in [-0.2, 0) is 4.79 Å². The minimum absolute atomic E-state index is 0.0219. The molecular weight excluding hydrogens is 316 g/mol. The number of ether oxygens (including phenoxy) is 1. The van der Waals surface area contributed by atoms with Crippen molar-refractivity contribution >= 4 is 11.6 Å². The molecule has 6 nitrogen and oxygen atoms in total. The fourth-order valence-electron chi connectivity index (χ4n) is 3.06. The van der Waals surface area contributed by atoms with Gasteiger partial charge in [-0.2, -0.15) is 0 Å². The molecule has 6 heteroatoms. The van der Waals surface area contributed by atoms with Gasteiger partial charge in [0.05, 0.1) is 7.11 Å². The lowest BCUT2D eigenvalue weighted by Crippen LogP contribution is -2.46. The van der Waals surface area contributed by atoms with Crippen LogP contribution in [0.5, 0.6) is 5.75 Å². The summed E-state index contributed by atoms with van der Waals surface area (Å²) in [6, 6.07) is 11.7. The van der Waals surface area contributed by atoms with E-state index in [2.05, 4.69) is 26.6 Å². The predicted octanol–water partition coefficient (Wildman–Crippen LogP) is 2.07. The van der Waals surface area contributed by atoms with E-state index in [0.29, 0.717) is 6.42 Å². The van der Waals surface area contributed by atoms with Crippen LogP contribution < -0.4 is 15.4 Å². The Balaban J connectivity index is 1.54. The van der Waals surface area contributed by atoms with Crippen molar-refractivity contribution in [2.75, 3.05) is 38.6 Å². The quantitative estimate of drug-likeness (QED) is 0.843. The zero-order valence-electron chi connectivity index (χ0n) is 14.4. The topological polar surface area (TPSA) is 66.5 Å². The van der Waals surface area contributed by atoms with E-state index in [1.54, 1.807) is 13.3 Å². The van der Waals surface area contributed by atoms with Crippen LogP contribution in [0, 0.1) is 0 Å². The molecule has 0 saturated carbocycles. The van der Waals surface area contributed by atoms with E-state index in [1.165, 1.54) is 5.56 Å². The number of pyridine rings is 1. The van der Waals surface area contributed by atoms with Gasteiger partial charge >= 0.3 is 0 Å². The summed E-state index contributed by atoms with van der Waals surface area (Å²) in [7, 11) is 1.62. The molecule has 1 saturated heterocycles. The fourth-order valence-corrected chi connectivity index (χ4v) is 3.06. The lowest BCUT2D eigenvalue weighted by atomic mass is 10.1. The van der Waals surface area contributed by atoms with Crippen molar-refractivity contribution in [2.45, 2.75) is 12.5 Å². The molecule has 1 aromatic heterocycles. The summed E-state index contributed by atoms with van der Waals surface area (Å²) in [5.74, 6) is 0.798. The maximum Gasteiger partial charge on any atom is 0.225 e. The molecule has 25 heavy (non-hydrogen) atoms. The van der Waals surface area contributed by atoms with Crippen LogP contribution in [0.4, 0.5) is 5.69 Å². The van der Waals surface area contributed by atoms with Crippen molar-refractivity contribution in [3.8, 4) is 5.75 Å². The highest BCUT2D eigenvalue weighted by Crippen LogP contribution is 2.21. The van der Waals surface area contributed by atoms with Crippen LogP contribution >= 0.6 is 0 Å². The number of nitrogens with zero attached hydrogens (tertiary/aromatic N) is 2. The van der Waals surface area contributed by atoms with Crippen LogP contribution in [0.15, 0.2) is 48.8 Å². The Morgan fingerprint density at radius 1 is 1.36 bits per heavy atom. The number of rotatable bonds is 6. The van der Waals surface area contributed by atoms with Gasteiger partial charge in [-0.3, -0.25) is 14.7 Å². The second kappa shape index (κ2) is 8.60. The smallest absolute Gasteiger partial charge is 0.225 e. The third-order valence-corrected chi connectivity index (χ3v) is 4.42. The molecule has 3 rings (SSSR count). The van der Waals surface area contributed by atoms with E-state index in [9.17, 15) is 4.79 Å². The number of amides is 1. The molecule has 1 atom stereocenters. The first-order valence-corrected chi connectivity index (χ1v) is 8.55. The minimum atomic E-state index is 0.0219. The standard InChI is InChI=1S/C19H24N4O2/c1-25-17-6-4-16(5-7-17)22-19(24)8-11-23-12-10-21-14-18(23)15-3-2-9-20-13-15/h2-7,9,13,18,21H,8,10-12,14H2,1H3,(H,22,24). The highest BCUT2D eigenvalue weighted by Gasteiger charge is 2.24. The molecule has 0 aliphatic carbocycles. The van der Waals surface area contributed by atoms with Crippen LogP contribution in [-0.4, -0.2) is 49.1 Å². The largest absolute Gasteiger partial charge is 0.497 e. The van der Waals surface area contributed by atoms with E-state index in [4.69, 9.17) is 4.74 Å². The number of piperazine rings is 1. The lowest BCUT2D eigenvalue weighted by molar-refractivity contribution is -0.116. The first kappa shape index (κ1) is 17.4. The highest BCUT2D eigenvalue weighted by molar-refractivity contribution is 5.90. The number of carbonyl (C=O) groups excluding carboxylic acids is 1. The Morgan fingerprint density at radius 2 is 2.20 bits per heavy atom. The fraction of sp³-hybridized carbons (Fsp3) is 0.368. The first-order chi connectivity index (χ1) is 12.3. The zero-order valence-corrected chi connectivity index (χ0v) is 14.4. The normalized spacial score (nSPS) is 17.9. The molecule has 2 aromatic rings. The molecule has 0 radical (unpaired) electrons. The van der Waals surface area contributed by atoms with E-state index >= 15 is 0 Å². The second-order valence-electron chi connectivity index (χ2n) is 6.07. The number of hydrogen-bond acceptors (Lipinski definition) is 5. The van der Waals surface area contributed by atoms with Crippen molar-refractivity contribution in [1.29, 1.82) is 0 Å². The Labute approximate surface area is 148 Å². The second-order valence-corrected chi connectivity index (χ2v) is 6.07. The first-order valence-electron chi connectivity index (χ1n) is 8.55. The molecule has 1 aliphatic heterocycles. The van der Waals surface area contributed by atoms with Gasteiger partial charge in [-0.15, -0.1) is 0 Å². The molecule has 132 valence electrons. The Bertz CT molecular complexity index is 676. The molecule has 1 fully saturated rings. The van der Waals surface area contributed by atoms with Crippen molar-refractivity contribution < 1.29 is 9.53 Å². The molecule has 1 unspecified atom stereocenters. The summed E-state index contributed by atoms with van der Waals surface area (Å²) in [6.45, 7) is 3.47. The maximum atomic E-state index is 12.3. The van der Waals surface area contributed by atoms with Crippen molar-refractivity contribution in [1.82, 2.24) is 15.2 Å². The third-order valence-electron chi connectivity index (χ3n) is 4.42. The van der Waals surface area contributed by atoms with E-state index < -0.39 is 0 Å². The number of nitrogens with one attached hydrogen (secondary N) is 2. The summed E-state index contributed by atoms with van der Waals surface area (Å²) in [5, 5.41) is 6.36. The van der Waals surface area contributed by atoms with Crippen molar-refractivity contribution in [3.05, 3.63) is 54.4 Å². The summed E-state index contributed by atoms with van der Waals surface area (Å²) in [5.41, 5.74) is 1.97. The van der Waals surface area contributed by atoms with E-state index in [0.717, 1.165) is 37.6 Å². The van der Waals surface area contributed by atoms with Gasteiger partial charge in [0.2, 0.25) is 5.91 Å². The van der Waals surface area contributed by atoms with Crippen LogP contribution in [0.25, 0.3) is 0 Å². The Morgan fingerprint density at radius 3 is 2.92 bits per heavy atom. The summed E-state index contributed by atoms with van der Waals surface area (Å²) >= 11 is 0. The van der Waals surface area contributed by atoms with Gasteiger partial charge in [-0.05, 0) is 35.9 Å². The van der Waals surface area contributed by atoms with Gasteiger partial charge in [0.15, 0.2) is 0 Å². The minimum Gasteiger partial charge on any atom is -0.497 e. The molecule has 1 aliphatic rings. The summed E-state index contributed by atoms with van der Waals surface area (Å²) in [6.07, 6.45) is 4.15. The number of methoxy groups -OCH3 is 1. The number of carbonyl (C=O) groups is 1. The van der Waals surface area contributed by atoms with Crippen molar-refractivity contribution in [3.63, 3.8) is 0 Å². The van der Waals surface area contributed by atoms with Gasteiger partial charge in [-0.25, -0.2) is 0 Å². The maximum absolute atomic E-state index is 12.3. The summed E-state index contributed by atoms with van der Waals surface area (Å²) in [4.78, 5) is 18.8. The number of hydrogen-bond donors (Lipinski definition) is 2. The Hall–Kier alpha value is -2.44. The molecule has 2 N–H and O–H groups in total. The van der Waals surface area contributed by atoms with Gasteiger partial charge in [0, 0.05) is 56.7 Å². The SMILES string of the molecule is COc1ccc(NC(=O)CCN2CCNCC2c2cccnc2)cc1. The lowest BCUT2D eigenvalue weighted by Gasteiger charge is -2.36. The molecule has 1 amide bonds. The van der Waals surface area contributed by atoms with Gasteiger partial charge < -0.3 is 15.4 Å². The van der Waals surface area contributed by atoms with Crippen molar-refractivity contribution in [2.24, 2.45) is 0 Å². The number of anilines is 1. The Kier molecular flexibility index (Phi) is 5.98. The third kappa shape index (κ3) is 4.78. The van der Waals surface area contributed by atoms with E-state index in [-0.39, 0.29) is 11.9 Å². The molecule has 1 aromatic carbocycles. The van der Waals surface area contributed by atoms with E-state index in [1.807, 2.05) is 36.5 Å². The molecule has 2 heterocycles. The van der Waals surface area contributed by atoms with Crippen LogP contribution in [0.1, 0.15) is 18.0 Å². The monoisotopic (exact) mass is 340 g/mol. The predicted molar refractivity (Wildman–Crippen MR) is 97.7 cm³/mol.